The summed E-state index contributed by atoms with van der Waals surface area (Å²) in [5.74, 6) is 2.01. The van der Waals surface area contributed by atoms with Crippen LogP contribution in [0.25, 0.3) is 0 Å². The summed E-state index contributed by atoms with van der Waals surface area (Å²) in [6.45, 7) is 1.99. The molecule has 0 spiro atoms. The van der Waals surface area contributed by atoms with E-state index in [2.05, 4.69) is 4.99 Å². The van der Waals surface area contributed by atoms with Crippen molar-refractivity contribution in [3.05, 3.63) is 29.5 Å². The summed E-state index contributed by atoms with van der Waals surface area (Å²) in [4.78, 5) is 17.2. The van der Waals surface area contributed by atoms with Gasteiger partial charge in [-0.15, -0.1) is 6.92 Å². The Morgan fingerprint density at radius 1 is 1.57 bits per heavy atom. The normalized spacial score (nSPS) is 19.7. The number of rotatable bonds is 0. The van der Waals surface area contributed by atoms with Crippen LogP contribution in [0.4, 0.5) is 0 Å². The van der Waals surface area contributed by atoms with Crippen LogP contribution in [0.2, 0.25) is 0 Å². The minimum Gasteiger partial charge on any atom is -0.301 e. The Kier molecular flexibility index (Phi) is 4.15. The summed E-state index contributed by atoms with van der Waals surface area (Å²) in [7, 11) is 1.76. The second-order valence-electron chi connectivity index (χ2n) is 3.31. The molecule has 1 amide bonds. The van der Waals surface area contributed by atoms with Crippen LogP contribution in [-0.4, -0.2) is 24.1 Å². The Balaban J connectivity index is 0.000000980. The van der Waals surface area contributed by atoms with Crippen molar-refractivity contribution in [2.24, 2.45) is 4.99 Å². The maximum absolute atomic E-state index is 11.3. The number of hydrogen-bond acceptors (Lipinski definition) is 2. The molecule has 3 nitrogen and oxygen atoms in total. The molecule has 0 aromatic heterocycles. The molecule has 2 aliphatic rings. The first-order chi connectivity index (χ1) is 6.18. The van der Waals surface area contributed by atoms with Crippen LogP contribution in [0.5, 0.6) is 0 Å². The van der Waals surface area contributed by atoms with Gasteiger partial charge in [0, 0.05) is 13.5 Å². The minimum absolute atomic E-state index is 0. The number of carbonyl (C=O) groups is 1. The Morgan fingerprint density at radius 2 is 2.29 bits per heavy atom. The summed E-state index contributed by atoms with van der Waals surface area (Å²) in [6, 6.07) is 0. The fourth-order valence-corrected chi connectivity index (χ4v) is 1.44. The molecule has 0 fully saturated rings. The molecule has 2 heterocycles. The number of nitrogens with zero attached hydrogens (tertiary/aromatic N) is 2. The third-order valence-corrected chi connectivity index (χ3v) is 2.26. The molecule has 0 saturated carbocycles. The van der Waals surface area contributed by atoms with Crippen molar-refractivity contribution in [1.82, 2.24) is 4.90 Å². The molecule has 0 aliphatic carbocycles. The fourth-order valence-electron chi connectivity index (χ4n) is 1.44. The molecule has 0 radical (unpaired) electrons. The van der Waals surface area contributed by atoms with Crippen LogP contribution in [0.1, 0.15) is 13.3 Å². The molecule has 0 unspecified atom stereocenters. The van der Waals surface area contributed by atoms with E-state index in [1.165, 1.54) is 0 Å². The van der Waals surface area contributed by atoms with Crippen molar-refractivity contribution in [3.63, 3.8) is 0 Å². The van der Waals surface area contributed by atoms with Crippen molar-refractivity contribution in [2.75, 3.05) is 7.05 Å². The number of amides is 1. The van der Waals surface area contributed by atoms with E-state index in [9.17, 15) is 4.79 Å². The second kappa shape index (κ2) is 4.77. The van der Waals surface area contributed by atoms with Gasteiger partial charge in [-0.1, -0.05) is 5.57 Å². The van der Waals surface area contributed by atoms with Gasteiger partial charge in [-0.3, -0.25) is 9.79 Å². The molecule has 0 aromatic carbocycles. The summed E-state index contributed by atoms with van der Waals surface area (Å²) >= 11 is 0. The Hall–Kier alpha value is 0.126. The van der Waals surface area contributed by atoms with Gasteiger partial charge in [0.1, 0.15) is 5.82 Å². The molecule has 14 heavy (non-hydrogen) atoms. The summed E-state index contributed by atoms with van der Waals surface area (Å²) in [5, 5.41) is 0. The average Bonchev–Trinajstić information content (AvgIpc) is 2.28. The van der Waals surface area contributed by atoms with E-state index in [0.717, 1.165) is 17.3 Å². The van der Waals surface area contributed by atoms with Crippen molar-refractivity contribution in [3.8, 4) is 0 Å². The molecule has 2 rings (SSSR count). The third-order valence-electron chi connectivity index (χ3n) is 2.26. The van der Waals surface area contributed by atoms with E-state index in [4.69, 9.17) is 0 Å². The van der Waals surface area contributed by atoms with Crippen molar-refractivity contribution < 1.29 is 56.2 Å². The quantitative estimate of drug-likeness (QED) is 0.349. The van der Waals surface area contributed by atoms with E-state index >= 15 is 0 Å². The Morgan fingerprint density at radius 3 is 3.00 bits per heavy atom. The van der Waals surface area contributed by atoms with Crippen LogP contribution in [-0.2, 0) is 4.79 Å². The smallest absolute Gasteiger partial charge is 0.301 e. The van der Waals surface area contributed by atoms with Crippen molar-refractivity contribution in [2.45, 2.75) is 13.3 Å². The van der Waals surface area contributed by atoms with Gasteiger partial charge < -0.3 is 4.90 Å². The zero-order chi connectivity index (χ0) is 9.42. The largest absolute Gasteiger partial charge is 1.00 e. The molecule has 0 N–H and O–H groups in total. The Labute approximate surface area is 126 Å². The van der Waals surface area contributed by atoms with Gasteiger partial charge in [0.2, 0.25) is 5.91 Å². The fraction of sp³-hybridized carbons (Fsp3) is 0.300. The summed E-state index contributed by atoms with van der Waals surface area (Å²) in [5.41, 5.74) is 1.01. The van der Waals surface area contributed by atoms with Crippen LogP contribution in [0, 0.1) is 5.92 Å². The zero-order valence-electron chi connectivity index (χ0n) is 8.74. The molecule has 0 atom stereocenters. The Bertz CT molecular complexity index is 344. The van der Waals surface area contributed by atoms with Crippen LogP contribution in [0.15, 0.2) is 28.5 Å². The average molecular weight is 214 g/mol. The van der Waals surface area contributed by atoms with Gasteiger partial charge >= 0.3 is 51.4 Å². The number of allylic oxidation sites excluding steroid dienone is 2. The summed E-state index contributed by atoms with van der Waals surface area (Å²) < 4.78 is 0. The van der Waals surface area contributed by atoms with E-state index in [1.54, 1.807) is 18.2 Å². The van der Waals surface area contributed by atoms with E-state index in [0.29, 0.717) is 6.42 Å². The molecule has 0 saturated heterocycles. The first-order valence-corrected chi connectivity index (χ1v) is 4.24. The maximum atomic E-state index is 11.3. The third kappa shape index (κ3) is 2.20. The van der Waals surface area contributed by atoms with E-state index in [1.807, 2.05) is 19.1 Å². The van der Waals surface area contributed by atoms with Crippen LogP contribution < -0.4 is 51.4 Å². The van der Waals surface area contributed by atoms with Gasteiger partial charge in [-0.2, -0.15) is 5.92 Å². The van der Waals surface area contributed by atoms with Crippen molar-refractivity contribution in [1.29, 1.82) is 0 Å². The monoisotopic (exact) mass is 214 g/mol. The van der Waals surface area contributed by atoms with E-state index in [-0.39, 0.29) is 57.3 Å². The van der Waals surface area contributed by atoms with Crippen LogP contribution >= 0.6 is 0 Å². The molecule has 68 valence electrons. The number of aliphatic imine (C=N–C) groups is 1. The van der Waals surface area contributed by atoms with Gasteiger partial charge in [-0.05, 0) is 6.21 Å². The zero-order valence-corrected chi connectivity index (χ0v) is 11.9. The SMILES string of the molecule is C[C-]1C=CC2=C(N=C1)N(C)C(=O)C2.[K+]. The molecule has 4 heteroatoms. The van der Waals surface area contributed by atoms with Gasteiger partial charge in [-0.25, -0.2) is 12.2 Å². The van der Waals surface area contributed by atoms with Crippen LogP contribution in [0.3, 0.4) is 0 Å². The van der Waals surface area contributed by atoms with Crippen molar-refractivity contribution >= 4 is 12.1 Å². The minimum atomic E-state index is 0. The molecular weight excluding hydrogens is 203 g/mol. The maximum Gasteiger partial charge on any atom is 1.00 e. The first kappa shape index (κ1) is 12.2. The number of hydrogen-bond donors (Lipinski definition) is 0. The standard InChI is InChI=1S/C10H11N2O.K/c1-7-3-4-8-5-9(13)12(2)10(8)11-6-7;/h3-4,6H,5H2,1-2H3;/q-1;+1. The molecular formula is C10H11KN2O. The topological polar surface area (TPSA) is 32.7 Å². The van der Waals surface area contributed by atoms with E-state index < -0.39 is 0 Å². The number of carbonyl (C=O) groups excluding carboxylic acids is 1. The van der Waals surface area contributed by atoms with Gasteiger partial charge in [0.15, 0.2) is 0 Å². The van der Waals surface area contributed by atoms with Gasteiger partial charge in [0.25, 0.3) is 0 Å². The van der Waals surface area contributed by atoms with Gasteiger partial charge in [0.05, 0.1) is 0 Å². The summed E-state index contributed by atoms with van der Waals surface area (Å²) in [6.07, 6.45) is 6.22. The molecule has 0 aromatic rings. The second-order valence-corrected chi connectivity index (χ2v) is 3.31. The predicted octanol–water partition coefficient (Wildman–Crippen LogP) is -1.70. The predicted molar refractivity (Wildman–Crippen MR) is 51.0 cm³/mol. The molecule has 0 bridgehead atoms. The first-order valence-electron chi connectivity index (χ1n) is 4.24. The molecule has 2 aliphatic heterocycles.